The molecule has 1 aliphatic heterocycles. The van der Waals surface area contributed by atoms with Crippen molar-refractivity contribution in [3.8, 4) is 0 Å². The fourth-order valence-corrected chi connectivity index (χ4v) is 2.40. The van der Waals surface area contributed by atoms with Crippen molar-refractivity contribution in [1.29, 1.82) is 0 Å². The van der Waals surface area contributed by atoms with Crippen LogP contribution in [0.25, 0.3) is 0 Å². The molecule has 0 aliphatic carbocycles. The molecule has 1 saturated heterocycles. The molecule has 1 aliphatic rings. The van der Waals surface area contributed by atoms with Gasteiger partial charge in [0.25, 0.3) is 0 Å². The minimum atomic E-state index is 0.0253. The molecule has 0 aromatic carbocycles. The van der Waals surface area contributed by atoms with Crippen LogP contribution in [0.2, 0.25) is 0 Å². The first-order valence-corrected chi connectivity index (χ1v) is 7.70. The largest absolute Gasteiger partial charge is 0.373 e. The molecule has 2 atom stereocenters. The molecule has 21 heavy (non-hydrogen) atoms. The SMILES string of the molecule is C[C@H]1CC[C@@H](Cn2nc(C(C)(C)C)cc2/N=C/N(C)C)O1. The molecule has 118 valence electrons. The quantitative estimate of drug-likeness (QED) is 0.633. The smallest absolute Gasteiger partial charge is 0.152 e. The molecule has 0 spiro atoms. The maximum Gasteiger partial charge on any atom is 0.152 e. The minimum absolute atomic E-state index is 0.0253. The molecule has 0 N–H and O–H groups in total. The lowest BCUT2D eigenvalue weighted by Gasteiger charge is -2.15. The van der Waals surface area contributed by atoms with Gasteiger partial charge in [0.1, 0.15) is 0 Å². The summed E-state index contributed by atoms with van der Waals surface area (Å²) in [5.41, 5.74) is 1.09. The van der Waals surface area contributed by atoms with E-state index in [1.54, 1.807) is 0 Å². The summed E-state index contributed by atoms with van der Waals surface area (Å²) in [5, 5.41) is 4.75. The average Bonchev–Trinajstić information content (AvgIpc) is 2.93. The summed E-state index contributed by atoms with van der Waals surface area (Å²) in [6.07, 6.45) is 4.66. The number of aliphatic imine (C=N–C) groups is 1. The fraction of sp³-hybridized carbons (Fsp3) is 0.750. The van der Waals surface area contributed by atoms with Gasteiger partial charge in [0.15, 0.2) is 5.82 Å². The maximum atomic E-state index is 5.92. The summed E-state index contributed by atoms with van der Waals surface area (Å²) in [4.78, 5) is 6.48. The van der Waals surface area contributed by atoms with Crippen LogP contribution in [0, 0.1) is 0 Å². The zero-order chi connectivity index (χ0) is 15.6. The fourth-order valence-electron chi connectivity index (χ4n) is 2.40. The van der Waals surface area contributed by atoms with Crippen molar-refractivity contribution in [3.63, 3.8) is 0 Å². The second kappa shape index (κ2) is 6.18. The van der Waals surface area contributed by atoms with E-state index in [2.05, 4.69) is 38.8 Å². The average molecular weight is 292 g/mol. The molecule has 2 heterocycles. The van der Waals surface area contributed by atoms with Crippen LogP contribution in [-0.4, -0.2) is 47.3 Å². The van der Waals surface area contributed by atoms with Gasteiger partial charge in [-0.15, -0.1) is 0 Å². The maximum absolute atomic E-state index is 5.92. The number of ether oxygens (including phenoxy) is 1. The second-order valence-electron chi connectivity index (χ2n) is 7.17. The summed E-state index contributed by atoms with van der Waals surface area (Å²) in [7, 11) is 3.94. The Morgan fingerprint density at radius 2 is 2.14 bits per heavy atom. The van der Waals surface area contributed by atoms with E-state index in [1.807, 2.05) is 30.0 Å². The van der Waals surface area contributed by atoms with E-state index in [9.17, 15) is 0 Å². The van der Waals surface area contributed by atoms with Gasteiger partial charge in [0.2, 0.25) is 0 Å². The van der Waals surface area contributed by atoms with Crippen molar-refractivity contribution in [2.45, 2.75) is 64.7 Å². The molecule has 5 heteroatoms. The molecule has 0 unspecified atom stereocenters. The molecule has 1 fully saturated rings. The monoisotopic (exact) mass is 292 g/mol. The van der Waals surface area contributed by atoms with Crippen LogP contribution in [0.1, 0.15) is 46.2 Å². The third-order valence-corrected chi connectivity index (χ3v) is 3.64. The van der Waals surface area contributed by atoms with E-state index in [4.69, 9.17) is 9.84 Å². The predicted octanol–water partition coefficient (Wildman–Crippen LogP) is 2.97. The van der Waals surface area contributed by atoms with E-state index < -0.39 is 0 Å². The van der Waals surface area contributed by atoms with E-state index in [-0.39, 0.29) is 11.5 Å². The highest BCUT2D eigenvalue weighted by Crippen LogP contribution is 2.27. The van der Waals surface area contributed by atoms with Crippen molar-refractivity contribution in [2.75, 3.05) is 14.1 Å². The zero-order valence-corrected chi connectivity index (χ0v) is 14.1. The Balaban J connectivity index is 2.22. The molecule has 1 aromatic rings. The Bertz CT molecular complexity index is 499. The van der Waals surface area contributed by atoms with Gasteiger partial charge in [-0.3, -0.25) is 0 Å². The van der Waals surface area contributed by atoms with E-state index >= 15 is 0 Å². The van der Waals surface area contributed by atoms with Crippen molar-refractivity contribution in [1.82, 2.24) is 14.7 Å². The molecular formula is C16H28N4O. The van der Waals surface area contributed by atoms with Crippen LogP contribution >= 0.6 is 0 Å². The normalized spacial score (nSPS) is 23.1. The summed E-state index contributed by atoms with van der Waals surface area (Å²) in [5.74, 6) is 0.900. The molecule has 0 saturated carbocycles. The first-order chi connectivity index (χ1) is 9.75. The lowest BCUT2D eigenvalue weighted by atomic mass is 9.92. The summed E-state index contributed by atoms with van der Waals surface area (Å²) < 4.78 is 7.91. The van der Waals surface area contributed by atoms with Crippen LogP contribution in [0.5, 0.6) is 0 Å². The Labute approximate surface area is 128 Å². The lowest BCUT2D eigenvalue weighted by molar-refractivity contribution is 0.0439. The Kier molecular flexibility index (Phi) is 4.71. The third kappa shape index (κ3) is 4.30. The number of hydrogen-bond donors (Lipinski definition) is 0. The van der Waals surface area contributed by atoms with E-state index in [1.165, 1.54) is 0 Å². The van der Waals surface area contributed by atoms with Gasteiger partial charge < -0.3 is 9.64 Å². The van der Waals surface area contributed by atoms with E-state index in [0.717, 1.165) is 30.9 Å². The van der Waals surface area contributed by atoms with Crippen LogP contribution < -0.4 is 0 Å². The Morgan fingerprint density at radius 1 is 1.43 bits per heavy atom. The van der Waals surface area contributed by atoms with Gasteiger partial charge in [-0.05, 0) is 19.8 Å². The summed E-state index contributed by atoms with van der Waals surface area (Å²) >= 11 is 0. The molecule has 0 bridgehead atoms. The Morgan fingerprint density at radius 3 is 2.67 bits per heavy atom. The van der Waals surface area contributed by atoms with Gasteiger partial charge in [-0.2, -0.15) is 5.10 Å². The first-order valence-electron chi connectivity index (χ1n) is 7.70. The van der Waals surface area contributed by atoms with Gasteiger partial charge in [0, 0.05) is 25.6 Å². The van der Waals surface area contributed by atoms with Crippen molar-refractivity contribution in [2.24, 2.45) is 4.99 Å². The standard InChI is InChI=1S/C16H28N4O/c1-12-7-8-13(21-12)10-20-15(17-11-19(5)6)9-14(18-20)16(2,3)4/h9,11-13H,7-8,10H2,1-6H3/b17-11+/t12-,13-/m0/s1. The summed E-state index contributed by atoms with van der Waals surface area (Å²) in [6.45, 7) is 9.43. The minimum Gasteiger partial charge on any atom is -0.373 e. The molecular weight excluding hydrogens is 264 g/mol. The van der Waals surface area contributed by atoms with Crippen molar-refractivity contribution in [3.05, 3.63) is 11.8 Å². The van der Waals surface area contributed by atoms with E-state index in [0.29, 0.717) is 6.10 Å². The second-order valence-corrected chi connectivity index (χ2v) is 7.17. The molecule has 0 radical (unpaired) electrons. The molecule has 1 aromatic heterocycles. The van der Waals surface area contributed by atoms with Gasteiger partial charge in [0.05, 0.1) is 30.8 Å². The number of aromatic nitrogens is 2. The number of rotatable bonds is 4. The van der Waals surface area contributed by atoms with Crippen LogP contribution in [0.3, 0.4) is 0 Å². The Hall–Kier alpha value is -1.36. The van der Waals surface area contributed by atoms with Gasteiger partial charge in [-0.1, -0.05) is 20.8 Å². The lowest BCUT2D eigenvalue weighted by Crippen LogP contribution is -2.19. The van der Waals surface area contributed by atoms with Gasteiger partial charge in [-0.25, -0.2) is 9.67 Å². The zero-order valence-electron chi connectivity index (χ0n) is 14.1. The highest BCUT2D eigenvalue weighted by atomic mass is 16.5. The third-order valence-electron chi connectivity index (χ3n) is 3.64. The predicted molar refractivity (Wildman–Crippen MR) is 86.3 cm³/mol. The number of hydrogen-bond acceptors (Lipinski definition) is 3. The molecule has 5 nitrogen and oxygen atoms in total. The van der Waals surface area contributed by atoms with Crippen LogP contribution in [0.15, 0.2) is 11.1 Å². The van der Waals surface area contributed by atoms with Crippen molar-refractivity contribution >= 4 is 12.2 Å². The highest BCUT2D eigenvalue weighted by molar-refractivity contribution is 5.59. The number of nitrogens with zero attached hydrogens (tertiary/aromatic N) is 4. The van der Waals surface area contributed by atoms with Crippen LogP contribution in [-0.2, 0) is 16.7 Å². The van der Waals surface area contributed by atoms with Crippen molar-refractivity contribution < 1.29 is 4.74 Å². The topological polar surface area (TPSA) is 42.7 Å². The summed E-state index contributed by atoms with van der Waals surface area (Å²) in [6, 6.07) is 2.08. The van der Waals surface area contributed by atoms with Gasteiger partial charge >= 0.3 is 0 Å². The highest BCUT2D eigenvalue weighted by Gasteiger charge is 2.25. The van der Waals surface area contributed by atoms with Crippen LogP contribution in [0.4, 0.5) is 5.82 Å². The first kappa shape index (κ1) is 16.0. The molecule has 2 rings (SSSR count). The molecule has 0 amide bonds.